The van der Waals surface area contributed by atoms with Crippen LogP contribution in [0.4, 0.5) is 0 Å². The molecule has 1 heterocycles. The molecule has 1 saturated carbocycles. The molecule has 2 atom stereocenters. The number of amides is 2. The van der Waals surface area contributed by atoms with Crippen LogP contribution in [0.15, 0.2) is 18.2 Å². The second kappa shape index (κ2) is 10.4. The van der Waals surface area contributed by atoms with E-state index in [1.807, 2.05) is 0 Å². The van der Waals surface area contributed by atoms with Crippen molar-refractivity contribution in [3.8, 4) is 5.75 Å². The average Bonchev–Trinajstić information content (AvgIpc) is 2.72. The zero-order chi connectivity index (χ0) is 23.3. The molecular formula is C22H31N5O5. The minimum absolute atomic E-state index is 0.0719. The maximum Gasteiger partial charge on any atom is 0.317 e. The van der Waals surface area contributed by atoms with Gasteiger partial charge in [0, 0.05) is 13.1 Å². The van der Waals surface area contributed by atoms with Crippen molar-refractivity contribution >= 4 is 23.6 Å². The highest BCUT2D eigenvalue weighted by molar-refractivity contribution is 5.97. The van der Waals surface area contributed by atoms with Crippen molar-refractivity contribution in [2.24, 2.45) is 11.7 Å². The number of hydrogen-bond acceptors (Lipinski definition) is 6. The lowest BCUT2D eigenvalue weighted by Gasteiger charge is -2.43. The molecule has 1 aromatic carbocycles. The first kappa shape index (κ1) is 23.5. The summed E-state index contributed by atoms with van der Waals surface area (Å²) in [5.74, 6) is -1.83. The van der Waals surface area contributed by atoms with E-state index in [2.05, 4.69) is 10.6 Å². The molecule has 0 spiro atoms. The number of carboxylic acid groups (broad SMARTS) is 1. The normalized spacial score (nSPS) is 19.6. The van der Waals surface area contributed by atoms with Gasteiger partial charge in [-0.3, -0.25) is 25.1 Å². The van der Waals surface area contributed by atoms with E-state index in [4.69, 9.17) is 16.2 Å². The van der Waals surface area contributed by atoms with E-state index in [0.717, 1.165) is 32.1 Å². The Hall–Kier alpha value is -3.14. The van der Waals surface area contributed by atoms with Crippen LogP contribution in [0.2, 0.25) is 0 Å². The first-order valence-electron chi connectivity index (χ1n) is 11.0. The van der Waals surface area contributed by atoms with Crippen LogP contribution in [0.3, 0.4) is 0 Å². The number of carboxylic acids is 1. The molecule has 32 heavy (non-hydrogen) atoms. The molecule has 7 N–H and O–H groups in total. The molecule has 2 aliphatic rings. The van der Waals surface area contributed by atoms with Crippen molar-refractivity contribution < 1.29 is 24.6 Å². The predicted molar refractivity (Wildman–Crippen MR) is 117 cm³/mol. The van der Waals surface area contributed by atoms with E-state index in [-0.39, 0.29) is 48.0 Å². The van der Waals surface area contributed by atoms with Crippen LogP contribution in [0.5, 0.6) is 5.75 Å². The van der Waals surface area contributed by atoms with E-state index in [1.165, 1.54) is 17.0 Å². The number of likely N-dealkylation sites (tertiary alicyclic amines) is 1. The number of hydrogen-bond donors (Lipinski definition) is 6. The molecule has 10 heteroatoms. The fraction of sp³-hybridized carbons (Fsp3) is 0.545. The zero-order valence-corrected chi connectivity index (χ0v) is 18.0. The number of nitrogens with one attached hydrogen (secondary N) is 3. The maximum atomic E-state index is 13.2. The van der Waals surface area contributed by atoms with Crippen LogP contribution in [-0.4, -0.2) is 63.9 Å². The number of phenols is 1. The van der Waals surface area contributed by atoms with Gasteiger partial charge in [-0.15, -0.1) is 0 Å². The molecule has 0 aromatic heterocycles. The Balaban J connectivity index is 1.60. The van der Waals surface area contributed by atoms with Crippen LogP contribution in [0, 0.1) is 11.3 Å². The van der Waals surface area contributed by atoms with Gasteiger partial charge in [0.1, 0.15) is 17.6 Å². The lowest BCUT2D eigenvalue weighted by molar-refractivity contribution is -0.150. The third-order valence-electron chi connectivity index (χ3n) is 6.28. The summed E-state index contributed by atoms with van der Waals surface area (Å²) in [5.41, 5.74) is 6.25. The van der Waals surface area contributed by atoms with Crippen LogP contribution in [0.1, 0.15) is 49.7 Å². The van der Waals surface area contributed by atoms with E-state index >= 15 is 0 Å². The fourth-order valence-electron chi connectivity index (χ4n) is 4.44. The molecule has 3 rings (SSSR count). The van der Waals surface area contributed by atoms with E-state index in [9.17, 15) is 19.5 Å². The maximum absolute atomic E-state index is 13.2. The number of carbonyl (C=O) groups excluding carboxylic acids is 2. The number of aromatic hydroxyl groups is 1. The molecule has 1 saturated heterocycles. The quantitative estimate of drug-likeness (QED) is 0.238. The van der Waals surface area contributed by atoms with Crippen LogP contribution < -0.4 is 16.4 Å². The third-order valence-corrected chi connectivity index (χ3v) is 6.28. The summed E-state index contributed by atoms with van der Waals surface area (Å²) in [7, 11) is 0. The van der Waals surface area contributed by atoms with Crippen LogP contribution in [0.25, 0.3) is 0 Å². The number of aliphatic carboxylic acids is 1. The molecule has 1 aromatic rings. The summed E-state index contributed by atoms with van der Waals surface area (Å²) in [6.45, 7) is 0.326. The standard InChI is InChI=1S/C22H31N5O5/c23-20(24)15-7-6-13(10-17(15)28)11-26-21(31)16-8-9-27(16)22(32)19(25-12-18(29)30)14-4-2-1-3-5-14/h6-7,10,14,16,19,25,28H,1-5,8-9,11-12H2,(H3,23,24)(H,26,31)(H,29,30)/t16-,19+/m0/s1. The molecule has 2 amide bonds. The number of carbonyl (C=O) groups is 3. The van der Waals surface area contributed by atoms with Gasteiger partial charge >= 0.3 is 5.97 Å². The Morgan fingerprint density at radius 1 is 1.19 bits per heavy atom. The first-order chi connectivity index (χ1) is 15.3. The van der Waals surface area contributed by atoms with Gasteiger partial charge in [0.2, 0.25) is 11.8 Å². The molecule has 2 fully saturated rings. The van der Waals surface area contributed by atoms with Crippen molar-refractivity contribution in [3.63, 3.8) is 0 Å². The fourth-order valence-corrected chi connectivity index (χ4v) is 4.44. The summed E-state index contributed by atoms with van der Waals surface area (Å²) < 4.78 is 0. The zero-order valence-electron chi connectivity index (χ0n) is 18.0. The van der Waals surface area contributed by atoms with Gasteiger partial charge in [-0.25, -0.2) is 0 Å². The Morgan fingerprint density at radius 3 is 2.47 bits per heavy atom. The number of phenolic OH excluding ortho intramolecular Hbond substituents is 1. The summed E-state index contributed by atoms with van der Waals surface area (Å²) in [4.78, 5) is 38.5. The van der Waals surface area contributed by atoms with Gasteiger partial charge in [0.25, 0.3) is 0 Å². The third kappa shape index (κ3) is 5.56. The number of amidine groups is 1. The van der Waals surface area contributed by atoms with Crippen molar-refractivity contribution in [3.05, 3.63) is 29.3 Å². The Labute approximate surface area is 186 Å². The molecule has 10 nitrogen and oxygen atoms in total. The molecule has 0 bridgehead atoms. The highest BCUT2D eigenvalue weighted by atomic mass is 16.4. The highest BCUT2D eigenvalue weighted by Crippen LogP contribution is 2.29. The Kier molecular flexibility index (Phi) is 7.68. The van der Waals surface area contributed by atoms with Crippen LogP contribution in [-0.2, 0) is 20.9 Å². The summed E-state index contributed by atoms with van der Waals surface area (Å²) in [6.07, 6.45) is 5.43. The van der Waals surface area contributed by atoms with Crippen molar-refractivity contribution in [2.45, 2.75) is 57.2 Å². The van der Waals surface area contributed by atoms with Crippen LogP contribution >= 0.6 is 0 Å². The molecular weight excluding hydrogens is 414 g/mol. The SMILES string of the molecule is N=C(N)c1ccc(CNC(=O)[C@@H]2CCN2C(=O)[C@H](NCC(=O)O)C2CCCCC2)cc1O. The summed E-state index contributed by atoms with van der Waals surface area (Å²) in [5, 5.41) is 32.1. The minimum Gasteiger partial charge on any atom is -0.507 e. The van der Waals surface area contributed by atoms with Gasteiger partial charge in [0.05, 0.1) is 18.2 Å². The summed E-state index contributed by atoms with van der Waals surface area (Å²) >= 11 is 0. The molecule has 1 aliphatic carbocycles. The Morgan fingerprint density at radius 2 is 1.91 bits per heavy atom. The monoisotopic (exact) mass is 445 g/mol. The minimum atomic E-state index is -1.02. The van der Waals surface area contributed by atoms with E-state index < -0.39 is 18.1 Å². The second-order valence-corrected chi connectivity index (χ2v) is 8.47. The molecule has 0 radical (unpaired) electrons. The summed E-state index contributed by atoms with van der Waals surface area (Å²) in [6, 6.07) is 3.43. The topological polar surface area (TPSA) is 169 Å². The van der Waals surface area contributed by atoms with E-state index in [0.29, 0.717) is 18.5 Å². The number of nitrogen functional groups attached to an aromatic ring is 1. The van der Waals surface area contributed by atoms with Gasteiger partial charge in [-0.2, -0.15) is 0 Å². The molecule has 174 valence electrons. The number of nitrogens with zero attached hydrogens (tertiary/aromatic N) is 1. The van der Waals surface area contributed by atoms with Gasteiger partial charge in [-0.05, 0) is 42.9 Å². The number of rotatable bonds is 9. The van der Waals surface area contributed by atoms with Crippen molar-refractivity contribution in [1.29, 1.82) is 5.41 Å². The highest BCUT2D eigenvalue weighted by Gasteiger charge is 2.42. The predicted octanol–water partition coefficient (Wildman–Crippen LogP) is 0.516. The van der Waals surface area contributed by atoms with Gasteiger partial charge < -0.3 is 26.2 Å². The largest absolute Gasteiger partial charge is 0.507 e. The number of benzene rings is 1. The van der Waals surface area contributed by atoms with E-state index in [1.54, 1.807) is 6.07 Å². The van der Waals surface area contributed by atoms with Crippen molar-refractivity contribution in [2.75, 3.05) is 13.1 Å². The second-order valence-electron chi connectivity index (χ2n) is 8.47. The van der Waals surface area contributed by atoms with Gasteiger partial charge in [-0.1, -0.05) is 25.3 Å². The molecule has 1 aliphatic heterocycles. The average molecular weight is 446 g/mol. The Bertz CT molecular complexity index is 883. The van der Waals surface area contributed by atoms with Gasteiger partial charge in [0.15, 0.2) is 0 Å². The lowest BCUT2D eigenvalue weighted by atomic mass is 9.82. The number of nitrogens with two attached hydrogens (primary N) is 1. The lowest BCUT2D eigenvalue weighted by Crippen LogP contribution is -2.63. The molecule has 0 unspecified atom stereocenters. The smallest absolute Gasteiger partial charge is 0.317 e. The first-order valence-corrected chi connectivity index (χ1v) is 11.0. The van der Waals surface area contributed by atoms with Crippen molar-refractivity contribution in [1.82, 2.24) is 15.5 Å².